The summed E-state index contributed by atoms with van der Waals surface area (Å²) in [5.41, 5.74) is 4.44. The second-order valence-corrected chi connectivity index (χ2v) is 9.24. The fourth-order valence-corrected chi connectivity index (χ4v) is 4.76. The predicted molar refractivity (Wildman–Crippen MR) is 125 cm³/mol. The van der Waals surface area contributed by atoms with Gasteiger partial charge in [0.25, 0.3) is 0 Å². The van der Waals surface area contributed by atoms with Crippen molar-refractivity contribution < 1.29 is 12.8 Å². The standard InChI is InChI=1S/C26H23NO4S/c1-18-14-21(17-26(28)31-18)22-12-13-25(32(27,29)30)24(16-20-10-6-3-7-11-20)23(22)15-19-8-4-2-5-9-19/h2-14,17H,15-16H2,1H3,(H2,27,29,30). The molecule has 0 aliphatic carbocycles. The van der Waals surface area contributed by atoms with Gasteiger partial charge in [-0.2, -0.15) is 0 Å². The first kappa shape index (κ1) is 21.7. The molecule has 0 aliphatic heterocycles. The summed E-state index contributed by atoms with van der Waals surface area (Å²) < 4.78 is 30.2. The maximum absolute atomic E-state index is 12.5. The fourth-order valence-electron chi connectivity index (χ4n) is 3.96. The Morgan fingerprint density at radius 3 is 1.88 bits per heavy atom. The Bertz CT molecular complexity index is 1410. The summed E-state index contributed by atoms with van der Waals surface area (Å²) in [5.74, 6) is 0.485. The van der Waals surface area contributed by atoms with Crippen LogP contribution in [0.4, 0.5) is 0 Å². The van der Waals surface area contributed by atoms with Crippen LogP contribution in [-0.2, 0) is 22.9 Å². The van der Waals surface area contributed by atoms with Gasteiger partial charge in [-0.3, -0.25) is 0 Å². The third-order valence-corrected chi connectivity index (χ3v) is 6.34. The minimum absolute atomic E-state index is 0.0933. The Balaban J connectivity index is 2.01. The predicted octanol–water partition coefficient (Wildman–Crippen LogP) is 4.44. The lowest BCUT2D eigenvalue weighted by atomic mass is 9.88. The average Bonchev–Trinajstić information content (AvgIpc) is 2.74. The van der Waals surface area contributed by atoms with Gasteiger partial charge in [-0.05, 0) is 65.3 Å². The van der Waals surface area contributed by atoms with Gasteiger partial charge < -0.3 is 4.42 Å². The Kier molecular flexibility index (Phi) is 6.08. The van der Waals surface area contributed by atoms with E-state index in [1.807, 2.05) is 60.7 Å². The van der Waals surface area contributed by atoms with Crippen LogP contribution in [0.1, 0.15) is 28.0 Å². The quantitative estimate of drug-likeness (QED) is 0.475. The van der Waals surface area contributed by atoms with Crippen LogP contribution < -0.4 is 10.8 Å². The normalized spacial score (nSPS) is 11.4. The molecule has 0 amide bonds. The van der Waals surface area contributed by atoms with Crippen molar-refractivity contribution in [2.24, 2.45) is 5.14 Å². The maximum Gasteiger partial charge on any atom is 0.336 e. The van der Waals surface area contributed by atoms with E-state index < -0.39 is 15.6 Å². The minimum Gasteiger partial charge on any atom is -0.428 e. The lowest BCUT2D eigenvalue weighted by Crippen LogP contribution is -2.17. The molecule has 0 spiro atoms. The van der Waals surface area contributed by atoms with Crippen LogP contribution in [-0.4, -0.2) is 8.42 Å². The van der Waals surface area contributed by atoms with E-state index >= 15 is 0 Å². The molecule has 5 nitrogen and oxygen atoms in total. The molecule has 162 valence electrons. The van der Waals surface area contributed by atoms with Crippen LogP contribution >= 0.6 is 0 Å². The van der Waals surface area contributed by atoms with Crippen molar-refractivity contribution in [2.75, 3.05) is 0 Å². The van der Waals surface area contributed by atoms with E-state index in [0.717, 1.165) is 22.3 Å². The van der Waals surface area contributed by atoms with E-state index in [9.17, 15) is 13.2 Å². The Labute approximate surface area is 187 Å². The lowest BCUT2D eigenvalue weighted by molar-refractivity contribution is 0.481. The molecular formula is C26H23NO4S. The molecule has 0 bridgehead atoms. The number of nitrogens with two attached hydrogens (primary N) is 1. The van der Waals surface area contributed by atoms with Crippen molar-refractivity contribution in [3.05, 3.63) is 123 Å². The first-order chi connectivity index (χ1) is 15.3. The molecule has 0 saturated heterocycles. The number of primary sulfonamides is 1. The molecule has 0 fully saturated rings. The number of hydrogen-bond donors (Lipinski definition) is 1. The highest BCUT2D eigenvalue weighted by Crippen LogP contribution is 2.33. The fraction of sp³-hybridized carbons (Fsp3) is 0.115. The van der Waals surface area contributed by atoms with Gasteiger partial charge in [0.05, 0.1) is 4.90 Å². The van der Waals surface area contributed by atoms with Crippen LogP contribution in [0.25, 0.3) is 11.1 Å². The monoisotopic (exact) mass is 445 g/mol. The molecule has 6 heteroatoms. The molecule has 4 aromatic rings. The molecule has 3 aromatic carbocycles. The summed E-state index contributed by atoms with van der Waals surface area (Å²) in [7, 11) is -3.96. The highest BCUT2D eigenvalue weighted by molar-refractivity contribution is 7.89. The SMILES string of the molecule is Cc1cc(-c2ccc(S(N)(=O)=O)c(Cc3ccccc3)c2Cc2ccccc2)cc(=O)o1. The topological polar surface area (TPSA) is 90.4 Å². The van der Waals surface area contributed by atoms with Gasteiger partial charge in [-0.1, -0.05) is 66.7 Å². The van der Waals surface area contributed by atoms with E-state index in [4.69, 9.17) is 9.56 Å². The van der Waals surface area contributed by atoms with E-state index in [0.29, 0.717) is 29.7 Å². The minimum atomic E-state index is -3.96. The highest BCUT2D eigenvalue weighted by atomic mass is 32.2. The van der Waals surface area contributed by atoms with Crippen molar-refractivity contribution in [1.29, 1.82) is 0 Å². The number of aryl methyl sites for hydroxylation is 1. The van der Waals surface area contributed by atoms with Gasteiger partial charge in [-0.15, -0.1) is 0 Å². The van der Waals surface area contributed by atoms with Crippen molar-refractivity contribution >= 4 is 10.0 Å². The molecule has 0 atom stereocenters. The molecule has 0 aliphatic rings. The summed E-state index contributed by atoms with van der Waals surface area (Å²) in [6.45, 7) is 1.71. The van der Waals surface area contributed by atoms with Gasteiger partial charge in [0.2, 0.25) is 10.0 Å². The zero-order chi connectivity index (χ0) is 22.7. The summed E-state index contributed by atoms with van der Waals surface area (Å²) in [6, 6.07) is 25.9. The molecule has 0 radical (unpaired) electrons. The number of benzene rings is 3. The van der Waals surface area contributed by atoms with Crippen LogP contribution in [0.2, 0.25) is 0 Å². The second-order valence-electron chi connectivity index (χ2n) is 7.71. The van der Waals surface area contributed by atoms with Gasteiger partial charge >= 0.3 is 5.63 Å². The van der Waals surface area contributed by atoms with Crippen molar-refractivity contribution in [2.45, 2.75) is 24.7 Å². The Hall–Kier alpha value is -3.48. The molecule has 1 aromatic heterocycles. The lowest BCUT2D eigenvalue weighted by Gasteiger charge is -2.19. The molecule has 4 rings (SSSR count). The summed E-state index contributed by atoms with van der Waals surface area (Å²) >= 11 is 0. The second kappa shape index (κ2) is 8.94. The third-order valence-electron chi connectivity index (χ3n) is 5.35. The zero-order valence-electron chi connectivity index (χ0n) is 17.6. The highest BCUT2D eigenvalue weighted by Gasteiger charge is 2.22. The average molecular weight is 446 g/mol. The maximum atomic E-state index is 12.5. The Morgan fingerprint density at radius 2 is 1.34 bits per heavy atom. The largest absolute Gasteiger partial charge is 0.428 e. The van der Waals surface area contributed by atoms with Gasteiger partial charge in [0.15, 0.2) is 0 Å². The van der Waals surface area contributed by atoms with Gasteiger partial charge in [0.1, 0.15) is 5.76 Å². The summed E-state index contributed by atoms with van der Waals surface area (Å²) in [6.07, 6.45) is 0.879. The smallest absolute Gasteiger partial charge is 0.336 e. The van der Waals surface area contributed by atoms with Crippen molar-refractivity contribution in [3.63, 3.8) is 0 Å². The number of sulfonamides is 1. The summed E-state index contributed by atoms with van der Waals surface area (Å²) in [5, 5.41) is 5.62. The molecule has 32 heavy (non-hydrogen) atoms. The molecule has 1 heterocycles. The van der Waals surface area contributed by atoms with E-state index in [2.05, 4.69) is 0 Å². The zero-order valence-corrected chi connectivity index (χ0v) is 18.4. The molecular weight excluding hydrogens is 422 g/mol. The van der Waals surface area contributed by atoms with E-state index in [1.165, 1.54) is 12.1 Å². The molecule has 2 N–H and O–H groups in total. The van der Waals surface area contributed by atoms with Gasteiger partial charge in [-0.25, -0.2) is 18.4 Å². The number of rotatable bonds is 6. The van der Waals surface area contributed by atoms with Gasteiger partial charge in [0, 0.05) is 6.07 Å². The summed E-state index contributed by atoms with van der Waals surface area (Å²) in [4.78, 5) is 12.2. The number of hydrogen-bond acceptors (Lipinski definition) is 4. The van der Waals surface area contributed by atoms with E-state index in [-0.39, 0.29) is 4.90 Å². The Morgan fingerprint density at radius 1 is 0.781 bits per heavy atom. The van der Waals surface area contributed by atoms with Crippen molar-refractivity contribution in [1.82, 2.24) is 0 Å². The van der Waals surface area contributed by atoms with Crippen LogP contribution in [0.15, 0.2) is 99.0 Å². The van der Waals surface area contributed by atoms with E-state index in [1.54, 1.807) is 19.1 Å². The van der Waals surface area contributed by atoms with Crippen LogP contribution in [0.5, 0.6) is 0 Å². The third kappa shape index (κ3) is 4.88. The van der Waals surface area contributed by atoms with Crippen molar-refractivity contribution in [3.8, 4) is 11.1 Å². The molecule has 0 saturated carbocycles. The first-order valence-electron chi connectivity index (χ1n) is 10.2. The van der Waals surface area contributed by atoms with Crippen LogP contribution in [0, 0.1) is 6.92 Å². The van der Waals surface area contributed by atoms with Crippen LogP contribution in [0.3, 0.4) is 0 Å². The molecule has 0 unspecified atom stereocenters. The first-order valence-corrected chi connectivity index (χ1v) is 11.7.